The Morgan fingerprint density at radius 1 is 1.50 bits per heavy atom. The standard InChI is InChI=1S/C12H14N2O5S/c1-8(11-4-3-5-19-11)13-20(17,18)9-6-10(12(15)16)14(2)7-9/h3-8,13H,1-2H3,(H,15,16). The van der Waals surface area contributed by atoms with Gasteiger partial charge in [0.05, 0.1) is 12.3 Å². The van der Waals surface area contributed by atoms with Crippen LogP contribution in [0.3, 0.4) is 0 Å². The maximum atomic E-state index is 12.2. The van der Waals surface area contributed by atoms with E-state index < -0.39 is 22.0 Å². The molecule has 1 atom stereocenters. The summed E-state index contributed by atoms with van der Waals surface area (Å²) in [5, 5.41) is 8.93. The number of sulfonamides is 1. The lowest BCUT2D eigenvalue weighted by molar-refractivity contribution is 0.0686. The zero-order valence-electron chi connectivity index (χ0n) is 10.9. The number of aromatic nitrogens is 1. The number of furan rings is 1. The van der Waals surface area contributed by atoms with Crippen LogP contribution in [0, 0.1) is 0 Å². The van der Waals surface area contributed by atoms with Crippen LogP contribution in [0.5, 0.6) is 0 Å². The first-order chi connectivity index (χ1) is 9.31. The van der Waals surface area contributed by atoms with E-state index >= 15 is 0 Å². The van der Waals surface area contributed by atoms with Gasteiger partial charge in [0.25, 0.3) is 0 Å². The number of carbonyl (C=O) groups is 1. The van der Waals surface area contributed by atoms with Crippen molar-refractivity contribution < 1.29 is 22.7 Å². The number of carboxylic acids is 1. The Kier molecular flexibility index (Phi) is 3.69. The molecular weight excluding hydrogens is 284 g/mol. The molecule has 0 fully saturated rings. The third-order valence-electron chi connectivity index (χ3n) is 2.81. The number of hydrogen-bond acceptors (Lipinski definition) is 4. The number of nitrogens with zero attached hydrogens (tertiary/aromatic N) is 1. The first-order valence-electron chi connectivity index (χ1n) is 5.76. The minimum atomic E-state index is -3.81. The quantitative estimate of drug-likeness (QED) is 0.867. The van der Waals surface area contributed by atoms with Crippen molar-refractivity contribution in [3.8, 4) is 0 Å². The van der Waals surface area contributed by atoms with Crippen molar-refractivity contribution in [1.82, 2.24) is 9.29 Å². The Bertz CT molecular complexity index is 715. The van der Waals surface area contributed by atoms with Crippen molar-refractivity contribution >= 4 is 16.0 Å². The van der Waals surface area contributed by atoms with E-state index in [-0.39, 0.29) is 10.6 Å². The summed E-state index contributed by atoms with van der Waals surface area (Å²) in [6.45, 7) is 1.64. The summed E-state index contributed by atoms with van der Waals surface area (Å²) in [7, 11) is -2.34. The van der Waals surface area contributed by atoms with Crippen LogP contribution >= 0.6 is 0 Å². The molecule has 0 radical (unpaired) electrons. The van der Waals surface area contributed by atoms with Gasteiger partial charge in [0, 0.05) is 13.2 Å². The van der Waals surface area contributed by atoms with Crippen LogP contribution in [-0.2, 0) is 17.1 Å². The molecule has 0 aliphatic carbocycles. The van der Waals surface area contributed by atoms with Crippen LogP contribution in [0.25, 0.3) is 0 Å². The predicted octanol–water partition coefficient (Wildman–Crippen LogP) is 1.36. The molecule has 0 aromatic carbocycles. The molecule has 2 N–H and O–H groups in total. The smallest absolute Gasteiger partial charge is 0.352 e. The van der Waals surface area contributed by atoms with E-state index in [1.54, 1.807) is 19.1 Å². The largest absolute Gasteiger partial charge is 0.477 e. The Hall–Kier alpha value is -2.06. The fourth-order valence-corrected chi connectivity index (χ4v) is 3.07. The van der Waals surface area contributed by atoms with Gasteiger partial charge in [-0.25, -0.2) is 17.9 Å². The molecule has 2 heterocycles. The van der Waals surface area contributed by atoms with Crippen molar-refractivity contribution in [3.05, 3.63) is 42.1 Å². The second kappa shape index (κ2) is 5.14. The third kappa shape index (κ3) is 2.75. The van der Waals surface area contributed by atoms with Crippen LogP contribution < -0.4 is 4.72 Å². The second-order valence-electron chi connectivity index (χ2n) is 4.34. The van der Waals surface area contributed by atoms with E-state index in [1.165, 1.54) is 24.1 Å². The molecule has 2 rings (SSSR count). The molecule has 0 aliphatic rings. The van der Waals surface area contributed by atoms with Crippen molar-refractivity contribution in [2.75, 3.05) is 0 Å². The Balaban J connectivity index is 2.27. The third-order valence-corrected chi connectivity index (χ3v) is 4.32. The molecule has 0 saturated heterocycles. The highest BCUT2D eigenvalue weighted by atomic mass is 32.2. The van der Waals surface area contributed by atoms with Crippen molar-refractivity contribution in [1.29, 1.82) is 0 Å². The van der Waals surface area contributed by atoms with Crippen molar-refractivity contribution in [2.45, 2.75) is 17.9 Å². The average molecular weight is 298 g/mol. The molecule has 20 heavy (non-hydrogen) atoms. The zero-order valence-corrected chi connectivity index (χ0v) is 11.7. The van der Waals surface area contributed by atoms with E-state index in [1.807, 2.05) is 0 Å². The Labute approximate surface area is 115 Å². The highest BCUT2D eigenvalue weighted by Crippen LogP contribution is 2.18. The average Bonchev–Trinajstić information content (AvgIpc) is 2.96. The predicted molar refractivity (Wildman–Crippen MR) is 69.8 cm³/mol. The molecule has 8 heteroatoms. The fraction of sp³-hybridized carbons (Fsp3) is 0.250. The molecule has 0 bridgehead atoms. The van der Waals surface area contributed by atoms with E-state index in [0.29, 0.717) is 5.76 Å². The lowest BCUT2D eigenvalue weighted by atomic mass is 10.3. The summed E-state index contributed by atoms with van der Waals surface area (Å²) in [5.41, 5.74) is -0.101. The summed E-state index contributed by atoms with van der Waals surface area (Å²) < 4.78 is 33.1. The molecule has 0 spiro atoms. The normalized spacial score (nSPS) is 13.3. The van der Waals surface area contributed by atoms with Gasteiger partial charge in [0.15, 0.2) is 0 Å². The first kappa shape index (κ1) is 14.4. The van der Waals surface area contributed by atoms with Gasteiger partial charge in [-0.1, -0.05) is 0 Å². The topological polar surface area (TPSA) is 102 Å². The number of rotatable bonds is 5. The summed E-state index contributed by atoms with van der Waals surface area (Å²) in [6.07, 6.45) is 2.70. The maximum Gasteiger partial charge on any atom is 0.352 e. The first-order valence-corrected chi connectivity index (χ1v) is 7.25. The van der Waals surface area contributed by atoms with Gasteiger partial charge in [-0.15, -0.1) is 0 Å². The molecule has 0 amide bonds. The minimum Gasteiger partial charge on any atom is -0.477 e. The highest BCUT2D eigenvalue weighted by molar-refractivity contribution is 7.89. The lowest BCUT2D eigenvalue weighted by Crippen LogP contribution is -2.26. The summed E-state index contributed by atoms with van der Waals surface area (Å²) in [5.74, 6) is -0.712. The van der Waals surface area contributed by atoms with E-state index in [2.05, 4.69) is 4.72 Å². The number of aromatic carboxylic acids is 1. The maximum absolute atomic E-state index is 12.2. The molecule has 2 aromatic heterocycles. The van der Waals surface area contributed by atoms with Gasteiger partial charge in [-0.3, -0.25) is 0 Å². The fourth-order valence-electron chi connectivity index (χ4n) is 1.79. The molecular formula is C12H14N2O5S. The van der Waals surface area contributed by atoms with E-state index in [4.69, 9.17) is 9.52 Å². The van der Waals surface area contributed by atoms with Crippen LogP contribution in [0.4, 0.5) is 0 Å². The van der Waals surface area contributed by atoms with E-state index in [9.17, 15) is 13.2 Å². The number of hydrogen-bond donors (Lipinski definition) is 2. The molecule has 1 unspecified atom stereocenters. The van der Waals surface area contributed by atoms with Crippen LogP contribution in [0.1, 0.15) is 29.2 Å². The number of aryl methyl sites for hydroxylation is 1. The minimum absolute atomic E-state index is 0.101. The number of nitrogens with one attached hydrogen (secondary N) is 1. The molecule has 108 valence electrons. The Morgan fingerprint density at radius 3 is 2.70 bits per heavy atom. The number of carboxylic acid groups (broad SMARTS) is 1. The van der Waals surface area contributed by atoms with Gasteiger partial charge in [-0.05, 0) is 25.1 Å². The zero-order chi connectivity index (χ0) is 14.9. The van der Waals surface area contributed by atoms with Crippen LogP contribution in [0.15, 0.2) is 40.0 Å². The second-order valence-corrected chi connectivity index (χ2v) is 6.05. The summed E-state index contributed by atoms with van der Waals surface area (Å²) >= 11 is 0. The van der Waals surface area contributed by atoms with Crippen molar-refractivity contribution in [3.63, 3.8) is 0 Å². The molecule has 0 aliphatic heterocycles. The summed E-state index contributed by atoms with van der Waals surface area (Å²) in [6, 6.07) is 3.87. The Morgan fingerprint density at radius 2 is 2.20 bits per heavy atom. The van der Waals surface area contributed by atoms with Gasteiger partial charge in [-0.2, -0.15) is 0 Å². The van der Waals surface area contributed by atoms with Crippen LogP contribution in [0.2, 0.25) is 0 Å². The molecule has 2 aromatic rings. The van der Waals surface area contributed by atoms with E-state index in [0.717, 1.165) is 6.07 Å². The molecule has 0 saturated carbocycles. The SMILES string of the molecule is CC(NS(=O)(=O)c1cc(C(=O)O)n(C)c1)c1ccco1. The van der Waals surface area contributed by atoms with Crippen LogP contribution in [-0.4, -0.2) is 24.1 Å². The van der Waals surface area contributed by atoms with Gasteiger partial charge >= 0.3 is 5.97 Å². The van der Waals surface area contributed by atoms with Gasteiger partial charge in [0.1, 0.15) is 16.3 Å². The van der Waals surface area contributed by atoms with Crippen molar-refractivity contribution in [2.24, 2.45) is 7.05 Å². The lowest BCUT2D eigenvalue weighted by Gasteiger charge is -2.10. The van der Waals surface area contributed by atoms with Gasteiger partial charge < -0.3 is 14.1 Å². The summed E-state index contributed by atoms with van der Waals surface area (Å²) in [4.78, 5) is 10.8. The molecule has 7 nitrogen and oxygen atoms in total. The highest BCUT2D eigenvalue weighted by Gasteiger charge is 2.23. The van der Waals surface area contributed by atoms with Gasteiger partial charge in [0.2, 0.25) is 10.0 Å². The monoisotopic (exact) mass is 298 g/mol.